The number of pyridine rings is 1. The summed E-state index contributed by atoms with van der Waals surface area (Å²) < 4.78 is 22.1. The van der Waals surface area contributed by atoms with E-state index in [1.807, 2.05) is 48.5 Å². The summed E-state index contributed by atoms with van der Waals surface area (Å²) >= 11 is 3.57. The summed E-state index contributed by atoms with van der Waals surface area (Å²) in [4.78, 5) is 9.24. The quantitative estimate of drug-likeness (QED) is 0.258. The molecule has 4 aromatic rings. The zero-order valence-corrected chi connectivity index (χ0v) is 21.3. The maximum atomic E-state index is 15.3. The number of benzene rings is 3. The third-order valence-electron chi connectivity index (χ3n) is 5.89. The highest BCUT2D eigenvalue weighted by atomic mass is 79.9. The molecule has 0 saturated carbocycles. The molecule has 0 bridgehead atoms. The fraction of sp³-hybridized carbons (Fsp3) is 0.250. The van der Waals surface area contributed by atoms with E-state index in [9.17, 15) is 0 Å². The summed E-state index contributed by atoms with van der Waals surface area (Å²) in [6, 6.07) is 24.9. The number of aromatic nitrogens is 1. The van der Waals surface area contributed by atoms with Gasteiger partial charge >= 0.3 is 0 Å². The molecule has 1 atom stereocenters. The molecular formula is C28H29BrFN3O. The Bertz CT molecular complexity index is 1250. The van der Waals surface area contributed by atoms with Gasteiger partial charge in [0.25, 0.3) is 0 Å². The molecule has 4 nitrogen and oxygen atoms in total. The molecule has 0 saturated heterocycles. The van der Waals surface area contributed by atoms with E-state index >= 15 is 4.39 Å². The number of hydrogen-bond donors (Lipinski definition) is 0. The minimum Gasteiger partial charge on any atom is -0.481 e. The normalized spacial score (nSPS) is 12.4. The Morgan fingerprint density at radius 2 is 1.65 bits per heavy atom. The highest BCUT2D eigenvalue weighted by Gasteiger charge is 2.29. The van der Waals surface area contributed by atoms with Crippen LogP contribution in [0.4, 0.5) is 4.39 Å². The number of likely N-dealkylation sites (N-methyl/N-ethyl adjacent to an activating group) is 1. The molecule has 1 unspecified atom stereocenters. The van der Waals surface area contributed by atoms with Crippen LogP contribution in [0.5, 0.6) is 5.88 Å². The van der Waals surface area contributed by atoms with Crippen LogP contribution in [0.15, 0.2) is 83.3 Å². The zero-order chi connectivity index (χ0) is 24.1. The molecule has 4 rings (SSSR count). The van der Waals surface area contributed by atoms with Crippen molar-refractivity contribution in [3.63, 3.8) is 0 Å². The topological polar surface area (TPSA) is 28.6 Å². The highest BCUT2D eigenvalue weighted by Crippen LogP contribution is 2.38. The molecule has 3 aromatic carbocycles. The maximum Gasteiger partial charge on any atom is 0.218 e. The summed E-state index contributed by atoms with van der Waals surface area (Å²) in [6.07, 6.45) is 0. The lowest BCUT2D eigenvalue weighted by atomic mass is 9.95. The van der Waals surface area contributed by atoms with Crippen LogP contribution in [0.1, 0.15) is 22.7 Å². The summed E-state index contributed by atoms with van der Waals surface area (Å²) in [6.45, 7) is 2.22. The molecule has 0 aliphatic heterocycles. The van der Waals surface area contributed by atoms with Crippen LogP contribution in [0.2, 0.25) is 0 Å². The number of halogens is 2. The van der Waals surface area contributed by atoms with Crippen molar-refractivity contribution in [1.82, 2.24) is 14.8 Å². The number of ether oxygens (including phenoxy) is 1. The number of nitrogens with zero attached hydrogens (tertiary/aromatic N) is 3. The maximum absolute atomic E-state index is 15.3. The second-order valence-corrected chi connectivity index (χ2v) is 9.52. The highest BCUT2D eigenvalue weighted by molar-refractivity contribution is 9.10. The van der Waals surface area contributed by atoms with E-state index in [1.165, 1.54) is 6.07 Å². The van der Waals surface area contributed by atoms with Gasteiger partial charge < -0.3 is 9.64 Å². The number of hydrogen-bond acceptors (Lipinski definition) is 4. The number of rotatable bonds is 9. The summed E-state index contributed by atoms with van der Waals surface area (Å²) in [5, 5.41) is 0.971. The van der Waals surface area contributed by atoms with Crippen LogP contribution in [-0.2, 0) is 6.54 Å². The van der Waals surface area contributed by atoms with E-state index in [4.69, 9.17) is 9.72 Å². The molecule has 0 aliphatic rings. The minimum absolute atomic E-state index is 0.244. The van der Waals surface area contributed by atoms with Gasteiger partial charge in [0.1, 0.15) is 5.82 Å². The Labute approximate surface area is 209 Å². The van der Waals surface area contributed by atoms with Gasteiger partial charge in [-0.25, -0.2) is 9.37 Å². The van der Waals surface area contributed by atoms with Crippen LogP contribution in [0.25, 0.3) is 10.9 Å². The summed E-state index contributed by atoms with van der Waals surface area (Å²) in [7, 11) is 5.72. The Hall–Kier alpha value is -2.80. The molecule has 0 N–H and O–H groups in total. The van der Waals surface area contributed by atoms with Crippen molar-refractivity contribution in [1.29, 1.82) is 0 Å². The molecule has 34 heavy (non-hydrogen) atoms. The minimum atomic E-state index is -0.382. The first-order valence-electron chi connectivity index (χ1n) is 11.3. The summed E-state index contributed by atoms with van der Waals surface area (Å²) in [5.74, 6) is 0.262. The van der Waals surface area contributed by atoms with E-state index in [0.717, 1.165) is 39.6 Å². The smallest absolute Gasteiger partial charge is 0.218 e. The monoisotopic (exact) mass is 521 g/mol. The fourth-order valence-electron chi connectivity index (χ4n) is 4.21. The van der Waals surface area contributed by atoms with Gasteiger partial charge in [-0.15, -0.1) is 0 Å². The van der Waals surface area contributed by atoms with Crippen molar-refractivity contribution < 1.29 is 9.13 Å². The van der Waals surface area contributed by atoms with Crippen molar-refractivity contribution in [3.05, 3.63) is 106 Å². The predicted molar refractivity (Wildman–Crippen MR) is 140 cm³/mol. The van der Waals surface area contributed by atoms with Gasteiger partial charge in [0, 0.05) is 40.6 Å². The second-order valence-electron chi connectivity index (χ2n) is 8.61. The van der Waals surface area contributed by atoms with E-state index in [0.29, 0.717) is 18.0 Å². The van der Waals surface area contributed by atoms with Crippen LogP contribution in [0.3, 0.4) is 0 Å². The molecule has 176 valence electrons. The van der Waals surface area contributed by atoms with E-state index in [-0.39, 0.29) is 11.9 Å². The summed E-state index contributed by atoms with van der Waals surface area (Å²) in [5.41, 5.74) is 3.44. The van der Waals surface area contributed by atoms with Crippen LogP contribution in [0, 0.1) is 5.82 Å². The van der Waals surface area contributed by atoms with Gasteiger partial charge in [-0.3, -0.25) is 4.90 Å². The lowest BCUT2D eigenvalue weighted by Gasteiger charge is -2.34. The largest absolute Gasteiger partial charge is 0.481 e. The van der Waals surface area contributed by atoms with Gasteiger partial charge in [-0.2, -0.15) is 0 Å². The van der Waals surface area contributed by atoms with Gasteiger partial charge in [-0.05, 0) is 50.0 Å². The molecule has 0 aliphatic carbocycles. The third kappa shape index (κ3) is 5.63. The van der Waals surface area contributed by atoms with Gasteiger partial charge in [0.05, 0.1) is 18.7 Å². The predicted octanol–water partition coefficient (Wildman–Crippen LogP) is 6.30. The van der Waals surface area contributed by atoms with Crippen molar-refractivity contribution in [2.75, 3.05) is 34.3 Å². The van der Waals surface area contributed by atoms with E-state index in [1.54, 1.807) is 13.2 Å². The number of fused-ring (bicyclic) bond motifs is 1. The SMILES string of the molecule is COc1nc2ccc(Br)cc2cc1C(c1ccccc1F)N(CCN(C)C)Cc1ccccc1. The standard InChI is InChI=1S/C28H29BrFN3O/c1-32(2)15-16-33(19-20-9-5-4-6-10-20)27(23-11-7-8-12-25(23)30)24-18-21-17-22(29)13-14-26(21)31-28(24)34-3/h4-14,17-18,27H,15-16,19H2,1-3H3. The average Bonchev–Trinajstić information content (AvgIpc) is 2.83. The van der Waals surface area contributed by atoms with Gasteiger partial charge in [0.2, 0.25) is 5.88 Å². The van der Waals surface area contributed by atoms with E-state index in [2.05, 4.69) is 58.0 Å². The van der Waals surface area contributed by atoms with Crippen LogP contribution < -0.4 is 4.74 Å². The van der Waals surface area contributed by atoms with Crippen LogP contribution >= 0.6 is 15.9 Å². The second kappa shape index (κ2) is 11.1. The fourth-order valence-corrected chi connectivity index (χ4v) is 4.59. The van der Waals surface area contributed by atoms with Crippen molar-refractivity contribution >= 4 is 26.8 Å². The van der Waals surface area contributed by atoms with Gasteiger partial charge in [0.15, 0.2) is 0 Å². The Morgan fingerprint density at radius 1 is 0.912 bits per heavy atom. The first-order valence-corrected chi connectivity index (χ1v) is 12.1. The van der Waals surface area contributed by atoms with Crippen molar-refractivity contribution in [3.8, 4) is 5.88 Å². The Morgan fingerprint density at radius 3 is 2.35 bits per heavy atom. The Balaban J connectivity index is 1.91. The van der Waals surface area contributed by atoms with E-state index < -0.39 is 0 Å². The first kappa shape index (κ1) is 24.3. The third-order valence-corrected chi connectivity index (χ3v) is 6.38. The van der Waals surface area contributed by atoms with Crippen molar-refractivity contribution in [2.24, 2.45) is 0 Å². The molecule has 0 fully saturated rings. The van der Waals surface area contributed by atoms with Gasteiger partial charge in [-0.1, -0.05) is 64.5 Å². The lowest BCUT2D eigenvalue weighted by molar-refractivity contribution is 0.187. The molecule has 1 heterocycles. The molecule has 0 spiro atoms. The molecule has 6 heteroatoms. The molecular weight excluding hydrogens is 493 g/mol. The zero-order valence-electron chi connectivity index (χ0n) is 19.7. The average molecular weight is 522 g/mol. The first-order chi connectivity index (χ1) is 16.5. The lowest BCUT2D eigenvalue weighted by Crippen LogP contribution is -2.36. The number of methoxy groups -OCH3 is 1. The Kier molecular flexibility index (Phi) is 7.93. The molecule has 0 amide bonds. The van der Waals surface area contributed by atoms with Crippen LogP contribution in [-0.4, -0.2) is 49.1 Å². The van der Waals surface area contributed by atoms with Crippen molar-refractivity contribution in [2.45, 2.75) is 12.6 Å². The molecule has 0 radical (unpaired) electrons. The molecule has 1 aromatic heterocycles.